The highest BCUT2D eigenvalue weighted by atomic mass is 32.1. The number of hydrogen-bond donors (Lipinski definition) is 4. The smallest absolute Gasteiger partial charge is 0.211 e. The quantitative estimate of drug-likeness (QED) is 0.237. The molecule has 0 rings (SSSR count). The van der Waals surface area contributed by atoms with Crippen LogP contribution in [0.1, 0.15) is 20.3 Å². The average Bonchev–Trinajstić information content (AvgIpc) is 2.23. The van der Waals surface area contributed by atoms with Crippen LogP contribution in [0.2, 0.25) is 0 Å². The molecule has 0 saturated carbocycles. The van der Waals surface area contributed by atoms with Crippen molar-refractivity contribution in [3.05, 3.63) is 0 Å². The van der Waals surface area contributed by atoms with Gasteiger partial charge in [0.25, 0.3) is 0 Å². The number of nitrogens with two attached hydrogens (primary N) is 2. The van der Waals surface area contributed by atoms with E-state index >= 15 is 0 Å². The van der Waals surface area contributed by atoms with Gasteiger partial charge in [-0.2, -0.15) is 5.10 Å². The van der Waals surface area contributed by atoms with E-state index in [0.717, 1.165) is 0 Å². The van der Waals surface area contributed by atoms with Crippen molar-refractivity contribution in [2.75, 3.05) is 6.61 Å². The zero-order chi connectivity index (χ0) is 13.3. The van der Waals surface area contributed by atoms with Crippen LogP contribution in [0.4, 0.5) is 0 Å². The number of ether oxygens (including phenoxy) is 1. The SMILES string of the molecule is CCO/C(C/C(C)=N/NC(N)=S)=N\NC(N)=S. The number of nitrogens with one attached hydrogen (secondary N) is 2. The summed E-state index contributed by atoms with van der Waals surface area (Å²) in [5.41, 5.74) is 16.1. The molecule has 0 aromatic heterocycles. The average molecular weight is 276 g/mol. The number of nitrogens with zero attached hydrogens (tertiary/aromatic N) is 2. The second kappa shape index (κ2) is 8.65. The van der Waals surface area contributed by atoms with E-state index in [1.165, 1.54) is 0 Å². The molecule has 0 aromatic carbocycles. The molecule has 7 nitrogen and oxygen atoms in total. The molecular formula is C8H16N6OS2. The van der Waals surface area contributed by atoms with Gasteiger partial charge in [-0.3, -0.25) is 10.9 Å². The molecule has 9 heteroatoms. The standard InChI is InChI=1S/C8H16N6OS2/c1-3-15-6(12-14-8(10)17)4-5(2)11-13-7(9)16/h3-4H2,1-2H3,(H3,9,13,16)(H3,10,14,17)/b11-5+,12-6-. The van der Waals surface area contributed by atoms with Gasteiger partial charge in [-0.1, -0.05) is 0 Å². The fraction of sp³-hybridized carbons (Fsp3) is 0.500. The molecule has 0 aliphatic carbocycles. The highest BCUT2D eigenvalue weighted by molar-refractivity contribution is 7.80. The van der Waals surface area contributed by atoms with Gasteiger partial charge in [0.05, 0.1) is 13.0 Å². The first-order chi connectivity index (χ1) is 7.95. The van der Waals surface area contributed by atoms with Gasteiger partial charge in [0.15, 0.2) is 10.2 Å². The van der Waals surface area contributed by atoms with Crippen molar-refractivity contribution < 1.29 is 4.74 Å². The lowest BCUT2D eigenvalue weighted by atomic mass is 10.3. The zero-order valence-corrected chi connectivity index (χ0v) is 11.3. The Morgan fingerprint density at radius 2 is 1.71 bits per heavy atom. The van der Waals surface area contributed by atoms with Crippen molar-refractivity contribution in [3.63, 3.8) is 0 Å². The minimum Gasteiger partial charge on any atom is -0.480 e. The van der Waals surface area contributed by atoms with Gasteiger partial charge in [-0.25, -0.2) is 0 Å². The topological polar surface area (TPSA) is 110 Å². The molecule has 17 heavy (non-hydrogen) atoms. The largest absolute Gasteiger partial charge is 0.480 e. The van der Waals surface area contributed by atoms with E-state index in [2.05, 4.69) is 45.5 Å². The molecule has 0 amide bonds. The summed E-state index contributed by atoms with van der Waals surface area (Å²) in [5.74, 6) is 0.422. The summed E-state index contributed by atoms with van der Waals surface area (Å²) in [5, 5.41) is 7.97. The maximum Gasteiger partial charge on any atom is 0.211 e. The van der Waals surface area contributed by atoms with E-state index in [0.29, 0.717) is 24.6 Å². The lowest BCUT2D eigenvalue weighted by Gasteiger charge is -2.07. The maximum atomic E-state index is 5.27. The molecule has 0 saturated heterocycles. The lowest BCUT2D eigenvalue weighted by Crippen LogP contribution is -2.27. The molecule has 0 aliphatic heterocycles. The van der Waals surface area contributed by atoms with E-state index in [9.17, 15) is 0 Å². The zero-order valence-electron chi connectivity index (χ0n) is 9.69. The molecule has 0 fully saturated rings. The van der Waals surface area contributed by atoms with Crippen LogP contribution in [0.25, 0.3) is 0 Å². The van der Waals surface area contributed by atoms with E-state index < -0.39 is 0 Å². The first-order valence-corrected chi connectivity index (χ1v) is 5.60. The summed E-state index contributed by atoms with van der Waals surface area (Å²) >= 11 is 9.24. The number of hydrogen-bond acceptors (Lipinski definition) is 5. The van der Waals surface area contributed by atoms with E-state index in [1.54, 1.807) is 6.92 Å². The van der Waals surface area contributed by atoms with Crippen LogP contribution < -0.4 is 22.3 Å². The third kappa shape index (κ3) is 9.45. The maximum absolute atomic E-state index is 5.27. The Bertz CT molecular complexity index is 341. The van der Waals surface area contributed by atoms with Gasteiger partial charge in [0.2, 0.25) is 5.90 Å². The van der Waals surface area contributed by atoms with Crippen LogP contribution >= 0.6 is 24.4 Å². The van der Waals surface area contributed by atoms with E-state index in [-0.39, 0.29) is 10.2 Å². The number of rotatable bonds is 5. The molecule has 0 atom stereocenters. The highest BCUT2D eigenvalue weighted by Crippen LogP contribution is 1.93. The van der Waals surface area contributed by atoms with Crippen LogP contribution in [0.15, 0.2) is 10.2 Å². The molecule has 0 spiro atoms. The third-order valence-electron chi connectivity index (χ3n) is 1.37. The van der Waals surface area contributed by atoms with Crippen LogP contribution in [0, 0.1) is 0 Å². The van der Waals surface area contributed by atoms with E-state index in [4.69, 9.17) is 16.2 Å². The summed E-state index contributed by atoms with van der Waals surface area (Å²) in [6, 6.07) is 0. The van der Waals surface area contributed by atoms with Crippen LogP contribution in [0.5, 0.6) is 0 Å². The first-order valence-electron chi connectivity index (χ1n) is 4.79. The Hall–Kier alpha value is -1.48. The van der Waals surface area contributed by atoms with Crippen molar-refractivity contribution in [2.24, 2.45) is 21.7 Å². The predicted molar refractivity (Wildman–Crippen MR) is 76.6 cm³/mol. The number of hydrazone groups is 2. The van der Waals surface area contributed by atoms with Crippen molar-refractivity contribution >= 4 is 46.3 Å². The van der Waals surface area contributed by atoms with Crippen LogP contribution in [0.3, 0.4) is 0 Å². The highest BCUT2D eigenvalue weighted by Gasteiger charge is 2.03. The van der Waals surface area contributed by atoms with Gasteiger partial charge in [0.1, 0.15) is 0 Å². The lowest BCUT2D eigenvalue weighted by molar-refractivity contribution is 0.319. The Morgan fingerprint density at radius 3 is 2.18 bits per heavy atom. The van der Waals surface area contributed by atoms with Gasteiger partial charge in [-0.15, -0.1) is 5.10 Å². The summed E-state index contributed by atoms with van der Waals surface area (Å²) < 4.78 is 5.27. The summed E-state index contributed by atoms with van der Waals surface area (Å²) in [7, 11) is 0. The second-order valence-corrected chi connectivity index (χ2v) is 3.79. The van der Waals surface area contributed by atoms with E-state index in [1.807, 2.05) is 6.92 Å². The van der Waals surface area contributed by atoms with Crippen molar-refractivity contribution in [1.29, 1.82) is 0 Å². The van der Waals surface area contributed by atoms with Crippen LogP contribution in [-0.4, -0.2) is 28.4 Å². The third-order valence-corrected chi connectivity index (χ3v) is 1.55. The molecule has 0 heterocycles. The normalized spacial score (nSPS) is 11.9. The minimum absolute atomic E-state index is 0.0676. The Morgan fingerprint density at radius 1 is 1.18 bits per heavy atom. The molecule has 0 aliphatic rings. The van der Waals surface area contributed by atoms with Gasteiger partial charge in [-0.05, 0) is 38.3 Å². The molecule has 6 N–H and O–H groups in total. The number of thiocarbonyl (C=S) groups is 2. The Labute approximate surface area is 111 Å². The molecule has 0 radical (unpaired) electrons. The predicted octanol–water partition coefficient (Wildman–Crippen LogP) is -0.231. The molecule has 0 bridgehead atoms. The monoisotopic (exact) mass is 276 g/mol. The van der Waals surface area contributed by atoms with Gasteiger partial charge < -0.3 is 16.2 Å². The summed E-state index contributed by atoms with van der Waals surface area (Å²) in [4.78, 5) is 0. The molecule has 0 unspecified atom stereocenters. The van der Waals surface area contributed by atoms with Crippen molar-refractivity contribution in [3.8, 4) is 0 Å². The molecular weight excluding hydrogens is 260 g/mol. The van der Waals surface area contributed by atoms with Crippen LogP contribution in [-0.2, 0) is 4.74 Å². The summed E-state index contributed by atoms with van der Waals surface area (Å²) in [6.45, 7) is 4.10. The summed E-state index contributed by atoms with van der Waals surface area (Å²) in [6.07, 6.45) is 0.388. The fourth-order valence-electron chi connectivity index (χ4n) is 0.816. The van der Waals surface area contributed by atoms with Crippen molar-refractivity contribution in [1.82, 2.24) is 10.9 Å². The molecule has 96 valence electrons. The fourth-order valence-corrected chi connectivity index (χ4v) is 0.907. The van der Waals surface area contributed by atoms with Crippen molar-refractivity contribution in [2.45, 2.75) is 20.3 Å². The second-order valence-electron chi connectivity index (χ2n) is 2.91. The minimum atomic E-state index is 0.0676. The van der Waals surface area contributed by atoms with Gasteiger partial charge >= 0.3 is 0 Å². The first kappa shape index (κ1) is 15.5. The van der Waals surface area contributed by atoms with Gasteiger partial charge in [0, 0.05) is 5.71 Å². The molecule has 0 aromatic rings. The Balaban J connectivity index is 4.42. The Kier molecular flexibility index (Phi) is 7.89.